The monoisotopic (exact) mass is 263 g/mol. The molecule has 2 nitrogen and oxygen atoms in total. The van der Waals surface area contributed by atoms with E-state index in [0.717, 1.165) is 0 Å². The number of nitrogens with zero attached hydrogens (tertiary/aromatic N) is 1. The second-order valence-corrected chi connectivity index (χ2v) is 3.49. The van der Waals surface area contributed by atoms with Gasteiger partial charge in [0, 0.05) is 10.6 Å². The molecule has 1 aromatic rings. The Labute approximate surface area is 87.6 Å². The summed E-state index contributed by atoms with van der Waals surface area (Å²) in [6.45, 7) is -0.0897. The van der Waals surface area contributed by atoms with E-state index in [2.05, 4.69) is 20.9 Å². The molecule has 13 heavy (non-hydrogen) atoms. The van der Waals surface area contributed by atoms with Gasteiger partial charge in [0.1, 0.15) is 5.82 Å². The molecule has 0 aliphatic rings. The molecule has 0 spiro atoms. The third kappa shape index (κ3) is 2.37. The predicted molar refractivity (Wildman–Crippen MR) is 50.9 cm³/mol. The van der Waals surface area contributed by atoms with E-state index in [1.54, 1.807) is 0 Å². The average molecular weight is 264 g/mol. The van der Waals surface area contributed by atoms with Crippen LogP contribution >= 0.6 is 27.5 Å². The van der Waals surface area contributed by atoms with E-state index in [0.29, 0.717) is 4.47 Å². The Bertz CT molecular complexity index is 377. The summed E-state index contributed by atoms with van der Waals surface area (Å²) in [6.07, 6.45) is 1.32. The van der Waals surface area contributed by atoms with Crippen molar-refractivity contribution in [3.05, 3.63) is 33.0 Å². The van der Waals surface area contributed by atoms with E-state index in [4.69, 9.17) is 11.6 Å². The Morgan fingerprint density at radius 1 is 1.62 bits per heavy atom. The maximum absolute atomic E-state index is 13.3. The van der Waals surface area contributed by atoms with Crippen molar-refractivity contribution < 1.29 is 9.18 Å². The van der Waals surface area contributed by atoms with Gasteiger partial charge in [-0.2, -0.15) is 0 Å². The molecule has 0 aliphatic heterocycles. The van der Waals surface area contributed by atoms with Gasteiger partial charge >= 0.3 is 0 Å². The zero-order valence-corrected chi connectivity index (χ0v) is 8.69. The predicted octanol–water partition coefficient (Wildman–Crippen LogP) is 3.08. The lowest BCUT2D eigenvalue weighted by molar-refractivity contribution is 0.561. The van der Waals surface area contributed by atoms with Crippen molar-refractivity contribution in [1.29, 1.82) is 0 Å². The third-order valence-electron chi connectivity index (χ3n) is 1.44. The molecule has 1 aromatic carbocycles. The molecule has 0 fully saturated rings. The van der Waals surface area contributed by atoms with Crippen LogP contribution in [0.3, 0.4) is 0 Å². The quantitative estimate of drug-likeness (QED) is 0.458. The smallest absolute Gasteiger partial charge is 0.211 e. The van der Waals surface area contributed by atoms with Gasteiger partial charge < -0.3 is 0 Å². The Morgan fingerprint density at radius 3 is 2.92 bits per heavy atom. The zero-order chi connectivity index (χ0) is 9.84. The minimum Gasteiger partial charge on any atom is -0.211 e. The van der Waals surface area contributed by atoms with Crippen molar-refractivity contribution in [2.75, 3.05) is 0 Å². The molecule has 1 rings (SSSR count). The van der Waals surface area contributed by atoms with Crippen LogP contribution in [0, 0.1) is 5.82 Å². The Morgan fingerprint density at radius 2 is 2.31 bits per heavy atom. The third-order valence-corrected chi connectivity index (χ3v) is 2.41. The molecule has 0 aromatic heterocycles. The molecule has 0 saturated carbocycles. The SMILES string of the molecule is O=C=NCc1c(Cl)ccc(Br)c1F. The maximum Gasteiger partial charge on any atom is 0.235 e. The van der Waals surface area contributed by atoms with E-state index in [-0.39, 0.29) is 17.1 Å². The normalized spacial score (nSPS) is 9.46. The van der Waals surface area contributed by atoms with Crippen molar-refractivity contribution in [3.63, 3.8) is 0 Å². The number of benzene rings is 1. The number of carbonyl (C=O) groups excluding carboxylic acids is 1. The van der Waals surface area contributed by atoms with Gasteiger partial charge in [0.15, 0.2) is 0 Å². The van der Waals surface area contributed by atoms with Crippen molar-refractivity contribution in [1.82, 2.24) is 0 Å². The van der Waals surface area contributed by atoms with Crippen molar-refractivity contribution in [2.45, 2.75) is 6.54 Å². The first kappa shape index (κ1) is 10.4. The van der Waals surface area contributed by atoms with Gasteiger partial charge in [-0.25, -0.2) is 14.2 Å². The lowest BCUT2D eigenvalue weighted by Gasteiger charge is -2.02. The first-order valence-electron chi connectivity index (χ1n) is 3.33. The van der Waals surface area contributed by atoms with E-state index < -0.39 is 5.82 Å². The number of hydrogen-bond acceptors (Lipinski definition) is 2. The number of hydrogen-bond donors (Lipinski definition) is 0. The van der Waals surface area contributed by atoms with Crippen LogP contribution < -0.4 is 0 Å². The molecule has 0 bridgehead atoms. The zero-order valence-electron chi connectivity index (χ0n) is 6.35. The van der Waals surface area contributed by atoms with E-state index >= 15 is 0 Å². The lowest BCUT2D eigenvalue weighted by atomic mass is 10.2. The molecule has 0 atom stereocenters. The van der Waals surface area contributed by atoms with Crippen molar-refractivity contribution in [3.8, 4) is 0 Å². The van der Waals surface area contributed by atoms with E-state index in [1.807, 2.05) is 0 Å². The van der Waals surface area contributed by atoms with Crippen LogP contribution in [0.5, 0.6) is 0 Å². The van der Waals surface area contributed by atoms with Crippen molar-refractivity contribution in [2.24, 2.45) is 4.99 Å². The first-order chi connectivity index (χ1) is 6.16. The van der Waals surface area contributed by atoms with Gasteiger partial charge in [-0.05, 0) is 28.1 Å². The van der Waals surface area contributed by atoms with Gasteiger partial charge in [-0.3, -0.25) is 0 Å². The summed E-state index contributed by atoms with van der Waals surface area (Å²) >= 11 is 8.68. The highest BCUT2D eigenvalue weighted by atomic mass is 79.9. The summed E-state index contributed by atoms with van der Waals surface area (Å²) in [5, 5.41) is 0.250. The number of aliphatic imine (C=N–C) groups is 1. The Balaban J connectivity index is 3.16. The van der Waals surface area contributed by atoms with Gasteiger partial charge in [0.05, 0.1) is 11.0 Å². The van der Waals surface area contributed by atoms with Gasteiger partial charge in [-0.15, -0.1) is 0 Å². The molecule has 68 valence electrons. The topological polar surface area (TPSA) is 29.4 Å². The second-order valence-electron chi connectivity index (χ2n) is 2.23. The second kappa shape index (κ2) is 4.51. The fourth-order valence-electron chi connectivity index (χ4n) is 0.825. The van der Waals surface area contributed by atoms with Gasteiger partial charge in [-0.1, -0.05) is 11.6 Å². The van der Waals surface area contributed by atoms with E-state index in [1.165, 1.54) is 18.2 Å². The highest BCUT2D eigenvalue weighted by Gasteiger charge is 2.09. The molecular formula is C8H4BrClFNO. The molecule has 0 N–H and O–H groups in total. The minimum atomic E-state index is -0.494. The average Bonchev–Trinajstić information content (AvgIpc) is 2.12. The summed E-state index contributed by atoms with van der Waals surface area (Å²) in [7, 11) is 0. The van der Waals surface area contributed by atoms with Crippen LogP contribution in [0.25, 0.3) is 0 Å². The maximum atomic E-state index is 13.3. The summed E-state index contributed by atoms with van der Waals surface area (Å²) in [6, 6.07) is 3.02. The Kier molecular flexibility index (Phi) is 3.60. The van der Waals surface area contributed by atoms with Crippen molar-refractivity contribution >= 4 is 33.6 Å². The van der Waals surface area contributed by atoms with Crippen LogP contribution in [-0.2, 0) is 11.3 Å². The van der Waals surface area contributed by atoms with Crippen LogP contribution in [0.15, 0.2) is 21.6 Å². The summed E-state index contributed by atoms with van der Waals surface area (Å²) < 4.78 is 13.6. The van der Waals surface area contributed by atoms with Gasteiger partial charge in [0.2, 0.25) is 6.08 Å². The fraction of sp³-hybridized carbons (Fsp3) is 0.125. The Hall–Kier alpha value is -0.700. The standard InChI is InChI=1S/C8H4BrClFNO/c9-6-1-2-7(10)5(8(6)11)3-12-4-13/h1-2H,3H2. The first-order valence-corrected chi connectivity index (χ1v) is 4.50. The van der Waals surface area contributed by atoms with E-state index in [9.17, 15) is 9.18 Å². The number of halogens is 3. The lowest BCUT2D eigenvalue weighted by Crippen LogP contribution is -1.91. The largest absolute Gasteiger partial charge is 0.235 e. The number of isocyanates is 1. The highest BCUT2D eigenvalue weighted by Crippen LogP contribution is 2.26. The summed E-state index contributed by atoms with van der Waals surface area (Å²) in [5.41, 5.74) is 0.194. The van der Waals surface area contributed by atoms with Crippen LogP contribution in [-0.4, -0.2) is 6.08 Å². The molecule has 0 unspecified atom stereocenters. The molecule has 0 heterocycles. The summed E-state index contributed by atoms with van der Waals surface area (Å²) in [5.74, 6) is -0.494. The molecule has 5 heteroatoms. The van der Waals surface area contributed by atoms with Crippen LogP contribution in [0.2, 0.25) is 5.02 Å². The van der Waals surface area contributed by atoms with Crippen LogP contribution in [0.4, 0.5) is 4.39 Å². The highest BCUT2D eigenvalue weighted by molar-refractivity contribution is 9.10. The van der Waals surface area contributed by atoms with Crippen LogP contribution in [0.1, 0.15) is 5.56 Å². The number of rotatable bonds is 2. The molecule has 0 aliphatic carbocycles. The molecule has 0 amide bonds. The molecular weight excluding hydrogens is 260 g/mol. The molecule has 0 saturated heterocycles. The molecule has 0 radical (unpaired) electrons. The van der Waals surface area contributed by atoms with Gasteiger partial charge in [0.25, 0.3) is 0 Å². The summed E-state index contributed by atoms with van der Waals surface area (Å²) in [4.78, 5) is 13.1. The minimum absolute atomic E-state index is 0.0897. The fourth-order valence-corrected chi connectivity index (χ4v) is 1.40.